The van der Waals surface area contributed by atoms with E-state index in [4.69, 9.17) is 0 Å². The average Bonchev–Trinajstić information content (AvgIpc) is 2.17. The van der Waals surface area contributed by atoms with Crippen LogP contribution in [0.1, 0.15) is 5.69 Å². The molecule has 14 heavy (non-hydrogen) atoms. The Kier molecular flexibility index (Phi) is 1.81. The van der Waals surface area contributed by atoms with E-state index < -0.39 is 0 Å². The lowest BCUT2D eigenvalue weighted by molar-refractivity contribution is -0.676. The molecule has 0 atom stereocenters. The summed E-state index contributed by atoms with van der Waals surface area (Å²) < 4.78 is 1.97. The number of phenolic OH excluding ortho intramolecular Hbond substituents is 2. The van der Waals surface area contributed by atoms with Crippen LogP contribution in [0.5, 0.6) is 11.5 Å². The van der Waals surface area contributed by atoms with Crippen molar-refractivity contribution in [1.29, 1.82) is 0 Å². The number of fused-ring (bicyclic) bond motifs is 1. The maximum Gasteiger partial charge on any atom is 0.185 e. The van der Waals surface area contributed by atoms with E-state index in [1.54, 1.807) is 12.1 Å². The Labute approximate surface area is 81.9 Å². The molecule has 72 valence electrons. The predicted molar refractivity (Wildman–Crippen MR) is 53.2 cm³/mol. The predicted octanol–water partition coefficient (Wildman–Crippen LogP) is 1.38. The van der Waals surface area contributed by atoms with Crippen molar-refractivity contribution >= 4 is 10.8 Å². The first kappa shape index (κ1) is 8.81. The van der Waals surface area contributed by atoms with Crippen LogP contribution in [0.25, 0.3) is 10.8 Å². The molecule has 0 aliphatic rings. The van der Waals surface area contributed by atoms with Crippen molar-refractivity contribution in [2.45, 2.75) is 6.92 Å². The van der Waals surface area contributed by atoms with Crippen LogP contribution in [0, 0.1) is 6.92 Å². The Bertz CT molecular complexity index is 459. The lowest BCUT2D eigenvalue weighted by atomic mass is 10.1. The summed E-state index contributed by atoms with van der Waals surface area (Å²) in [7, 11) is 1.94. The number of aromatic nitrogens is 1. The van der Waals surface area contributed by atoms with Crippen LogP contribution >= 0.6 is 0 Å². The number of hydrogen-bond donors (Lipinski definition) is 2. The number of aromatic hydroxyl groups is 2. The van der Waals surface area contributed by atoms with Crippen molar-refractivity contribution in [1.82, 2.24) is 0 Å². The van der Waals surface area contributed by atoms with Gasteiger partial charge in [0.25, 0.3) is 0 Å². The van der Waals surface area contributed by atoms with Gasteiger partial charge in [0.2, 0.25) is 0 Å². The smallest absolute Gasteiger partial charge is 0.185 e. The summed E-state index contributed by atoms with van der Waals surface area (Å²) in [6.45, 7) is 1.97. The second-order valence-corrected chi connectivity index (χ2v) is 3.41. The van der Waals surface area contributed by atoms with Gasteiger partial charge in [0.1, 0.15) is 7.05 Å². The lowest BCUT2D eigenvalue weighted by Gasteiger charge is -2.03. The number of phenols is 2. The molecule has 3 nitrogen and oxygen atoms in total. The number of rotatable bonds is 0. The van der Waals surface area contributed by atoms with E-state index in [1.807, 2.05) is 24.7 Å². The molecule has 0 aliphatic heterocycles. The molecule has 2 aromatic rings. The van der Waals surface area contributed by atoms with Crippen molar-refractivity contribution in [3.63, 3.8) is 0 Å². The molecule has 1 heterocycles. The minimum atomic E-state index is -0.0780. The fourth-order valence-corrected chi connectivity index (χ4v) is 1.57. The Balaban J connectivity index is 2.94. The normalized spacial score (nSPS) is 10.7. The molecule has 0 unspecified atom stereocenters. The van der Waals surface area contributed by atoms with Crippen LogP contribution < -0.4 is 4.57 Å². The Morgan fingerprint density at radius 2 is 1.79 bits per heavy atom. The first-order chi connectivity index (χ1) is 6.61. The van der Waals surface area contributed by atoms with Crippen LogP contribution in [-0.4, -0.2) is 10.2 Å². The second-order valence-electron chi connectivity index (χ2n) is 3.41. The van der Waals surface area contributed by atoms with E-state index in [0.29, 0.717) is 5.39 Å². The zero-order valence-electron chi connectivity index (χ0n) is 8.15. The molecular weight excluding hydrogens is 178 g/mol. The van der Waals surface area contributed by atoms with Gasteiger partial charge in [-0.05, 0) is 12.1 Å². The van der Waals surface area contributed by atoms with E-state index in [-0.39, 0.29) is 11.5 Å². The van der Waals surface area contributed by atoms with Crippen LogP contribution in [0.4, 0.5) is 0 Å². The molecule has 3 heteroatoms. The molecule has 0 aliphatic carbocycles. The van der Waals surface area contributed by atoms with Gasteiger partial charge in [0.15, 0.2) is 23.4 Å². The number of pyridine rings is 1. The number of aryl methyl sites for hydroxylation is 2. The summed E-state index contributed by atoms with van der Waals surface area (Å²) in [5.41, 5.74) is 1.05. The van der Waals surface area contributed by atoms with Gasteiger partial charge in [-0.25, -0.2) is 4.57 Å². The molecule has 1 aromatic heterocycles. The quantitative estimate of drug-likeness (QED) is 0.487. The molecule has 0 fully saturated rings. The summed E-state index contributed by atoms with van der Waals surface area (Å²) >= 11 is 0. The molecule has 0 bridgehead atoms. The maximum absolute atomic E-state index is 9.61. The number of benzene rings is 1. The van der Waals surface area contributed by atoms with E-state index in [9.17, 15) is 10.2 Å². The van der Waals surface area contributed by atoms with Crippen molar-refractivity contribution in [3.8, 4) is 11.5 Å². The molecule has 0 saturated carbocycles. The van der Waals surface area contributed by atoms with Gasteiger partial charge in [0.05, 0.1) is 5.39 Å². The van der Waals surface area contributed by atoms with Crippen LogP contribution in [0.3, 0.4) is 0 Å². The van der Waals surface area contributed by atoms with E-state index >= 15 is 0 Å². The van der Waals surface area contributed by atoms with Crippen molar-refractivity contribution in [3.05, 3.63) is 30.1 Å². The van der Waals surface area contributed by atoms with Gasteiger partial charge in [0, 0.05) is 18.4 Å². The third-order valence-corrected chi connectivity index (χ3v) is 2.58. The number of hydrogen-bond acceptors (Lipinski definition) is 2. The Morgan fingerprint density at radius 3 is 2.50 bits per heavy atom. The third kappa shape index (κ3) is 1.09. The lowest BCUT2D eigenvalue weighted by Crippen LogP contribution is -2.31. The van der Waals surface area contributed by atoms with Gasteiger partial charge in [-0.2, -0.15) is 0 Å². The van der Waals surface area contributed by atoms with Gasteiger partial charge in [-0.3, -0.25) is 0 Å². The largest absolute Gasteiger partial charge is 0.504 e. The van der Waals surface area contributed by atoms with Crippen molar-refractivity contribution < 1.29 is 14.8 Å². The topological polar surface area (TPSA) is 44.3 Å². The number of nitrogens with zero attached hydrogens (tertiary/aromatic N) is 1. The third-order valence-electron chi connectivity index (χ3n) is 2.58. The molecule has 0 amide bonds. The fourth-order valence-electron chi connectivity index (χ4n) is 1.57. The van der Waals surface area contributed by atoms with E-state index in [0.717, 1.165) is 11.1 Å². The zero-order valence-corrected chi connectivity index (χ0v) is 8.15. The molecule has 0 spiro atoms. The Morgan fingerprint density at radius 1 is 1.07 bits per heavy atom. The van der Waals surface area contributed by atoms with Crippen LogP contribution in [-0.2, 0) is 7.05 Å². The van der Waals surface area contributed by atoms with Crippen LogP contribution in [0.15, 0.2) is 24.4 Å². The summed E-state index contributed by atoms with van der Waals surface area (Å²) in [5.74, 6) is -0.128. The molecule has 2 N–H and O–H groups in total. The van der Waals surface area contributed by atoms with E-state index in [2.05, 4.69) is 0 Å². The minimum Gasteiger partial charge on any atom is -0.504 e. The van der Waals surface area contributed by atoms with Crippen molar-refractivity contribution in [2.75, 3.05) is 0 Å². The summed E-state index contributed by atoms with van der Waals surface area (Å²) in [5, 5.41) is 20.6. The maximum atomic E-state index is 9.61. The summed E-state index contributed by atoms with van der Waals surface area (Å²) in [4.78, 5) is 0. The molecule has 2 rings (SSSR count). The molecule has 0 radical (unpaired) electrons. The highest BCUT2D eigenvalue weighted by Crippen LogP contribution is 2.33. The highest BCUT2D eigenvalue weighted by Gasteiger charge is 2.11. The van der Waals surface area contributed by atoms with Crippen LogP contribution in [0.2, 0.25) is 0 Å². The summed E-state index contributed by atoms with van der Waals surface area (Å²) in [6, 6.07) is 5.10. The van der Waals surface area contributed by atoms with Gasteiger partial charge in [-0.1, -0.05) is 0 Å². The van der Waals surface area contributed by atoms with Crippen molar-refractivity contribution in [2.24, 2.45) is 7.05 Å². The SMILES string of the molecule is Cc1c2ccc(O)c(O)c2cc[n+]1C. The first-order valence-electron chi connectivity index (χ1n) is 4.41. The minimum absolute atomic E-state index is 0.0498. The first-order valence-corrected chi connectivity index (χ1v) is 4.41. The van der Waals surface area contributed by atoms with Gasteiger partial charge >= 0.3 is 0 Å². The molecular formula is C11H12NO2+. The Hall–Kier alpha value is -1.77. The molecule has 0 saturated heterocycles. The monoisotopic (exact) mass is 190 g/mol. The standard InChI is InChI=1S/C11H11NO2/c1-7-8-3-4-10(13)11(14)9(8)5-6-12(7)2/h3-6,14H,1-2H3/p+1. The van der Waals surface area contributed by atoms with Gasteiger partial charge in [-0.15, -0.1) is 0 Å². The summed E-state index contributed by atoms with van der Waals surface area (Å²) in [6.07, 6.45) is 1.86. The van der Waals surface area contributed by atoms with E-state index in [1.165, 1.54) is 6.07 Å². The fraction of sp³-hybridized carbons (Fsp3) is 0.182. The average molecular weight is 190 g/mol. The zero-order chi connectivity index (χ0) is 10.3. The highest BCUT2D eigenvalue weighted by molar-refractivity contribution is 5.90. The van der Waals surface area contributed by atoms with Gasteiger partial charge < -0.3 is 10.2 Å². The second kappa shape index (κ2) is 2.87. The highest BCUT2D eigenvalue weighted by atomic mass is 16.3. The molecule has 1 aromatic carbocycles.